The quantitative estimate of drug-likeness (QED) is 0.919. The molecule has 2 aromatic carbocycles. The van der Waals surface area contributed by atoms with Crippen LogP contribution >= 0.6 is 11.8 Å². The van der Waals surface area contributed by atoms with Gasteiger partial charge in [-0.05, 0) is 12.1 Å². The minimum Gasteiger partial charge on any atom is -0.481 e. The van der Waals surface area contributed by atoms with Crippen LogP contribution in [-0.2, 0) is 9.63 Å². The summed E-state index contributed by atoms with van der Waals surface area (Å²) in [7, 11) is 0. The molecule has 1 N–H and O–H groups in total. The van der Waals surface area contributed by atoms with Gasteiger partial charge in [0.25, 0.3) is 0 Å². The smallest absolute Gasteiger partial charge is 0.307 e. The molecule has 0 saturated heterocycles. The summed E-state index contributed by atoms with van der Waals surface area (Å²) in [4.78, 5) is 17.5. The topological polar surface area (TPSA) is 58.9 Å². The third kappa shape index (κ3) is 3.31. The van der Waals surface area contributed by atoms with Crippen LogP contribution < -0.4 is 0 Å². The van der Waals surface area contributed by atoms with Crippen molar-refractivity contribution in [3.63, 3.8) is 0 Å². The second kappa shape index (κ2) is 6.66. The molecule has 0 saturated carbocycles. The van der Waals surface area contributed by atoms with Gasteiger partial charge in [-0.25, -0.2) is 0 Å². The second-order valence-corrected chi connectivity index (χ2v) is 6.15. The SMILES string of the molecule is O=C(O)C[C@H]1ON=C(c2ccccc2)[C@@H]1Sc1ccccc1. The summed E-state index contributed by atoms with van der Waals surface area (Å²) in [6.07, 6.45) is -0.525. The lowest BCUT2D eigenvalue weighted by Gasteiger charge is -2.17. The van der Waals surface area contributed by atoms with E-state index in [2.05, 4.69) is 5.16 Å². The first-order valence-corrected chi connectivity index (χ1v) is 7.84. The number of carboxylic acids is 1. The van der Waals surface area contributed by atoms with Crippen molar-refractivity contribution in [3.8, 4) is 0 Å². The van der Waals surface area contributed by atoms with Crippen LogP contribution in [-0.4, -0.2) is 28.1 Å². The Labute approximate surface area is 132 Å². The zero-order chi connectivity index (χ0) is 15.4. The summed E-state index contributed by atoms with van der Waals surface area (Å²) < 4.78 is 0. The van der Waals surface area contributed by atoms with Crippen molar-refractivity contribution in [2.24, 2.45) is 5.16 Å². The lowest BCUT2D eigenvalue weighted by Crippen LogP contribution is -2.29. The van der Waals surface area contributed by atoms with E-state index < -0.39 is 12.1 Å². The molecular weight excluding hydrogens is 298 g/mol. The van der Waals surface area contributed by atoms with Crippen LogP contribution in [0.3, 0.4) is 0 Å². The van der Waals surface area contributed by atoms with Gasteiger partial charge in [0.15, 0.2) is 6.10 Å². The first kappa shape index (κ1) is 14.7. The third-order valence-corrected chi connectivity index (χ3v) is 4.67. The van der Waals surface area contributed by atoms with E-state index >= 15 is 0 Å². The molecule has 112 valence electrons. The molecule has 2 aromatic rings. The van der Waals surface area contributed by atoms with Gasteiger partial charge in [-0.15, -0.1) is 11.8 Å². The summed E-state index contributed by atoms with van der Waals surface area (Å²) in [6, 6.07) is 19.6. The third-order valence-electron chi connectivity index (χ3n) is 3.35. The molecule has 0 spiro atoms. The zero-order valence-corrected chi connectivity index (χ0v) is 12.6. The highest BCUT2D eigenvalue weighted by atomic mass is 32.2. The molecular formula is C17H15NO3S. The van der Waals surface area contributed by atoms with Gasteiger partial charge in [-0.2, -0.15) is 0 Å². The molecule has 1 aliphatic heterocycles. The van der Waals surface area contributed by atoms with Crippen LogP contribution in [0.15, 0.2) is 70.7 Å². The Hall–Kier alpha value is -2.27. The van der Waals surface area contributed by atoms with Crippen molar-refractivity contribution in [2.75, 3.05) is 0 Å². The number of hydrogen-bond donors (Lipinski definition) is 1. The lowest BCUT2D eigenvalue weighted by atomic mass is 10.0. The standard InChI is InChI=1S/C17H15NO3S/c19-15(20)11-14-17(22-13-9-5-2-6-10-13)16(18-21-14)12-7-3-1-4-8-12/h1-10,14,17H,11H2,(H,19,20)/t14-,17-/m1/s1. The van der Waals surface area contributed by atoms with Crippen LogP contribution in [0, 0.1) is 0 Å². The number of nitrogens with zero attached hydrogens (tertiary/aromatic N) is 1. The molecule has 0 aliphatic carbocycles. The Morgan fingerprint density at radius 2 is 1.73 bits per heavy atom. The Kier molecular flexibility index (Phi) is 4.44. The second-order valence-electron chi connectivity index (χ2n) is 4.94. The number of benzene rings is 2. The molecule has 0 unspecified atom stereocenters. The van der Waals surface area contributed by atoms with Gasteiger partial charge in [0, 0.05) is 10.5 Å². The molecule has 3 rings (SSSR count). The summed E-state index contributed by atoms with van der Waals surface area (Å²) in [6.45, 7) is 0. The van der Waals surface area contributed by atoms with E-state index in [1.807, 2.05) is 60.7 Å². The van der Waals surface area contributed by atoms with Gasteiger partial charge >= 0.3 is 5.97 Å². The normalized spacial score (nSPS) is 20.3. The maximum absolute atomic E-state index is 11.1. The zero-order valence-electron chi connectivity index (χ0n) is 11.8. The van der Waals surface area contributed by atoms with Crippen molar-refractivity contribution in [1.29, 1.82) is 0 Å². The number of rotatable bonds is 5. The van der Waals surface area contributed by atoms with Crippen molar-refractivity contribution in [2.45, 2.75) is 22.7 Å². The highest BCUT2D eigenvalue weighted by Gasteiger charge is 2.37. The van der Waals surface area contributed by atoms with Gasteiger partial charge in [0.05, 0.1) is 11.7 Å². The van der Waals surface area contributed by atoms with Gasteiger partial charge in [-0.3, -0.25) is 4.79 Å². The van der Waals surface area contributed by atoms with Gasteiger partial charge in [0.2, 0.25) is 0 Å². The van der Waals surface area contributed by atoms with Gasteiger partial charge < -0.3 is 9.94 Å². The fourth-order valence-electron chi connectivity index (χ4n) is 2.33. The molecule has 1 heterocycles. The predicted molar refractivity (Wildman–Crippen MR) is 86.2 cm³/mol. The van der Waals surface area contributed by atoms with E-state index in [1.165, 1.54) is 0 Å². The number of thioether (sulfide) groups is 1. The van der Waals surface area contributed by atoms with E-state index in [4.69, 9.17) is 9.94 Å². The monoisotopic (exact) mass is 313 g/mol. The molecule has 0 bridgehead atoms. The Bertz CT molecular complexity index is 673. The summed E-state index contributed by atoms with van der Waals surface area (Å²) in [5, 5.41) is 13.1. The molecule has 0 aromatic heterocycles. The molecule has 0 amide bonds. The molecule has 0 fully saturated rings. The van der Waals surface area contributed by atoms with Crippen molar-refractivity contribution in [3.05, 3.63) is 66.2 Å². The lowest BCUT2D eigenvalue weighted by molar-refractivity contribution is -0.139. The number of aliphatic carboxylic acids is 1. The van der Waals surface area contributed by atoms with Crippen molar-refractivity contribution in [1.82, 2.24) is 0 Å². The molecule has 2 atom stereocenters. The number of oxime groups is 1. The Balaban J connectivity index is 1.87. The first-order chi connectivity index (χ1) is 10.7. The predicted octanol–water partition coefficient (Wildman–Crippen LogP) is 3.43. The van der Waals surface area contributed by atoms with E-state index in [9.17, 15) is 4.79 Å². The first-order valence-electron chi connectivity index (χ1n) is 6.96. The summed E-state index contributed by atoms with van der Waals surface area (Å²) in [5.41, 5.74) is 1.75. The molecule has 4 nitrogen and oxygen atoms in total. The largest absolute Gasteiger partial charge is 0.481 e. The number of hydrogen-bond acceptors (Lipinski definition) is 4. The van der Waals surface area contributed by atoms with E-state index in [0.29, 0.717) is 0 Å². The number of carbonyl (C=O) groups is 1. The van der Waals surface area contributed by atoms with E-state index in [0.717, 1.165) is 16.2 Å². The molecule has 0 radical (unpaired) electrons. The van der Waals surface area contributed by atoms with Gasteiger partial charge in [-0.1, -0.05) is 53.7 Å². The maximum Gasteiger partial charge on any atom is 0.307 e. The molecule has 1 aliphatic rings. The van der Waals surface area contributed by atoms with Crippen LogP contribution in [0.25, 0.3) is 0 Å². The fourth-order valence-corrected chi connectivity index (χ4v) is 3.52. The highest BCUT2D eigenvalue weighted by molar-refractivity contribution is 8.00. The van der Waals surface area contributed by atoms with Crippen LogP contribution in [0.2, 0.25) is 0 Å². The Morgan fingerprint density at radius 1 is 1.09 bits per heavy atom. The average Bonchev–Trinajstić information content (AvgIpc) is 2.91. The molecule has 5 heteroatoms. The van der Waals surface area contributed by atoms with Crippen LogP contribution in [0.4, 0.5) is 0 Å². The fraction of sp³-hybridized carbons (Fsp3) is 0.176. The Morgan fingerprint density at radius 3 is 2.36 bits per heavy atom. The van der Waals surface area contributed by atoms with Crippen molar-refractivity contribution >= 4 is 23.4 Å². The maximum atomic E-state index is 11.1. The minimum atomic E-state index is -0.881. The molecule has 22 heavy (non-hydrogen) atoms. The van der Waals surface area contributed by atoms with Gasteiger partial charge in [0.1, 0.15) is 5.71 Å². The van der Waals surface area contributed by atoms with E-state index in [-0.39, 0.29) is 11.7 Å². The minimum absolute atomic E-state index is 0.0651. The number of carboxylic acid groups (broad SMARTS) is 1. The van der Waals surface area contributed by atoms with Crippen molar-refractivity contribution < 1.29 is 14.7 Å². The van der Waals surface area contributed by atoms with Crippen LogP contribution in [0.5, 0.6) is 0 Å². The summed E-state index contributed by atoms with van der Waals surface area (Å²) in [5.74, 6) is -0.881. The van der Waals surface area contributed by atoms with Crippen LogP contribution in [0.1, 0.15) is 12.0 Å². The summed E-state index contributed by atoms with van der Waals surface area (Å²) >= 11 is 1.59. The highest BCUT2D eigenvalue weighted by Crippen LogP contribution is 2.34. The average molecular weight is 313 g/mol. The van der Waals surface area contributed by atoms with E-state index in [1.54, 1.807) is 11.8 Å².